The van der Waals surface area contributed by atoms with Crippen LogP contribution in [-0.2, 0) is 6.42 Å². The van der Waals surface area contributed by atoms with Crippen LogP contribution in [0.25, 0.3) is 0 Å². The second kappa shape index (κ2) is 5.36. The highest BCUT2D eigenvalue weighted by atomic mass is 32.1. The number of hydrogen-bond donors (Lipinski definition) is 2. The number of halogens is 3. The first-order valence-electron chi connectivity index (χ1n) is 5.17. The minimum Gasteiger partial charge on any atom is -0.330 e. The third kappa shape index (κ3) is 2.62. The van der Waals surface area contributed by atoms with Crippen LogP contribution in [-0.4, -0.2) is 11.5 Å². The van der Waals surface area contributed by atoms with E-state index in [9.17, 15) is 13.2 Å². The van der Waals surface area contributed by atoms with E-state index < -0.39 is 17.5 Å². The van der Waals surface area contributed by atoms with Gasteiger partial charge in [-0.1, -0.05) is 0 Å². The Bertz CT molecular complexity index is 556. The van der Waals surface area contributed by atoms with Gasteiger partial charge in [-0.2, -0.15) is 0 Å². The fourth-order valence-electron chi connectivity index (χ4n) is 1.36. The van der Waals surface area contributed by atoms with Gasteiger partial charge in [0.15, 0.2) is 22.6 Å². The lowest BCUT2D eigenvalue weighted by atomic mass is 10.3. The molecule has 0 spiro atoms. The molecule has 0 aliphatic heterocycles. The second-order valence-electron chi connectivity index (χ2n) is 3.53. The molecule has 18 heavy (non-hydrogen) atoms. The van der Waals surface area contributed by atoms with E-state index in [1.54, 1.807) is 5.38 Å². The summed E-state index contributed by atoms with van der Waals surface area (Å²) in [7, 11) is 0. The molecule has 1 aromatic carbocycles. The van der Waals surface area contributed by atoms with Crippen molar-refractivity contribution in [3.63, 3.8) is 0 Å². The molecule has 0 aliphatic rings. The second-order valence-corrected chi connectivity index (χ2v) is 4.39. The van der Waals surface area contributed by atoms with Gasteiger partial charge in [-0.05, 0) is 18.7 Å². The van der Waals surface area contributed by atoms with Crippen molar-refractivity contribution in [2.75, 3.05) is 11.9 Å². The molecule has 96 valence electrons. The van der Waals surface area contributed by atoms with Crippen LogP contribution in [0.1, 0.15) is 5.69 Å². The lowest BCUT2D eigenvalue weighted by Crippen LogP contribution is -2.03. The summed E-state index contributed by atoms with van der Waals surface area (Å²) in [5.74, 6) is -3.98. The standard InChI is InChI=1S/C11H10F3N3S/c12-7-1-2-8(10(14)9(7)13)17-11-16-6(3-4-15)5-18-11/h1-2,5H,3-4,15H2,(H,16,17). The van der Waals surface area contributed by atoms with E-state index in [2.05, 4.69) is 10.3 Å². The average molecular weight is 273 g/mol. The Hall–Kier alpha value is -1.60. The van der Waals surface area contributed by atoms with Gasteiger partial charge in [-0.3, -0.25) is 0 Å². The largest absolute Gasteiger partial charge is 0.330 e. The molecule has 0 radical (unpaired) electrons. The predicted octanol–water partition coefficient (Wildman–Crippen LogP) is 2.81. The predicted molar refractivity (Wildman–Crippen MR) is 64.5 cm³/mol. The maximum atomic E-state index is 13.4. The van der Waals surface area contributed by atoms with E-state index in [-0.39, 0.29) is 5.69 Å². The van der Waals surface area contributed by atoms with Crippen LogP contribution in [0.15, 0.2) is 17.5 Å². The highest BCUT2D eigenvalue weighted by molar-refractivity contribution is 7.13. The zero-order chi connectivity index (χ0) is 13.1. The zero-order valence-electron chi connectivity index (χ0n) is 9.21. The molecule has 0 aliphatic carbocycles. The Kier molecular flexibility index (Phi) is 3.83. The molecule has 1 aromatic heterocycles. The zero-order valence-corrected chi connectivity index (χ0v) is 10.0. The van der Waals surface area contributed by atoms with Gasteiger partial charge in [0.1, 0.15) is 0 Å². The number of aromatic nitrogens is 1. The third-order valence-corrected chi connectivity index (χ3v) is 3.04. The van der Waals surface area contributed by atoms with Crippen LogP contribution in [0.2, 0.25) is 0 Å². The number of thiazole rings is 1. The molecule has 0 fully saturated rings. The summed E-state index contributed by atoms with van der Waals surface area (Å²) < 4.78 is 39.1. The van der Waals surface area contributed by atoms with E-state index in [4.69, 9.17) is 5.73 Å². The fraction of sp³-hybridized carbons (Fsp3) is 0.182. The number of hydrogen-bond acceptors (Lipinski definition) is 4. The van der Waals surface area contributed by atoms with Crippen LogP contribution in [0.3, 0.4) is 0 Å². The topological polar surface area (TPSA) is 50.9 Å². The molecule has 2 rings (SSSR count). The molecule has 0 atom stereocenters. The molecule has 0 saturated carbocycles. The van der Waals surface area contributed by atoms with Gasteiger partial charge in [0.2, 0.25) is 0 Å². The van der Waals surface area contributed by atoms with Crippen molar-refractivity contribution in [1.82, 2.24) is 4.98 Å². The SMILES string of the molecule is NCCc1csc(Nc2ccc(F)c(F)c2F)n1. The van der Waals surface area contributed by atoms with Crippen molar-refractivity contribution < 1.29 is 13.2 Å². The number of nitrogens with zero attached hydrogens (tertiary/aromatic N) is 1. The van der Waals surface area contributed by atoms with Crippen LogP contribution < -0.4 is 11.1 Å². The van der Waals surface area contributed by atoms with Crippen molar-refractivity contribution in [1.29, 1.82) is 0 Å². The highest BCUT2D eigenvalue weighted by Crippen LogP contribution is 2.25. The van der Waals surface area contributed by atoms with Gasteiger partial charge in [-0.25, -0.2) is 18.2 Å². The molecular formula is C11H10F3N3S. The van der Waals surface area contributed by atoms with Crippen molar-refractivity contribution >= 4 is 22.2 Å². The van der Waals surface area contributed by atoms with Gasteiger partial charge in [0.25, 0.3) is 0 Å². The van der Waals surface area contributed by atoms with Crippen molar-refractivity contribution in [2.24, 2.45) is 5.73 Å². The van der Waals surface area contributed by atoms with Crippen molar-refractivity contribution in [3.8, 4) is 0 Å². The van der Waals surface area contributed by atoms with Crippen molar-refractivity contribution in [2.45, 2.75) is 6.42 Å². The van der Waals surface area contributed by atoms with Crippen molar-refractivity contribution in [3.05, 3.63) is 40.7 Å². The maximum Gasteiger partial charge on any atom is 0.196 e. The summed E-state index contributed by atoms with van der Waals surface area (Å²) in [6, 6.07) is 1.98. The highest BCUT2D eigenvalue weighted by Gasteiger charge is 2.14. The number of nitrogens with two attached hydrogens (primary N) is 1. The molecule has 0 unspecified atom stereocenters. The van der Waals surface area contributed by atoms with Gasteiger partial charge in [-0.15, -0.1) is 11.3 Å². The van der Waals surface area contributed by atoms with Crippen LogP contribution >= 0.6 is 11.3 Å². The minimum atomic E-state index is -1.50. The number of anilines is 2. The monoisotopic (exact) mass is 273 g/mol. The third-order valence-electron chi connectivity index (χ3n) is 2.23. The Morgan fingerprint density at radius 2 is 2.00 bits per heavy atom. The summed E-state index contributed by atoms with van der Waals surface area (Å²) in [5, 5.41) is 4.78. The summed E-state index contributed by atoms with van der Waals surface area (Å²) in [6.07, 6.45) is 0.610. The van der Waals surface area contributed by atoms with E-state index >= 15 is 0 Å². The van der Waals surface area contributed by atoms with Crippen LogP contribution in [0, 0.1) is 17.5 Å². The first-order valence-corrected chi connectivity index (χ1v) is 6.04. The number of rotatable bonds is 4. The van der Waals surface area contributed by atoms with E-state index in [0.717, 1.165) is 17.8 Å². The Balaban J connectivity index is 2.20. The molecule has 0 saturated heterocycles. The van der Waals surface area contributed by atoms with E-state index in [0.29, 0.717) is 18.1 Å². The fourth-order valence-corrected chi connectivity index (χ4v) is 2.12. The molecule has 0 amide bonds. The normalized spacial score (nSPS) is 10.7. The van der Waals surface area contributed by atoms with Gasteiger partial charge in [0, 0.05) is 11.8 Å². The maximum absolute atomic E-state index is 13.4. The first kappa shape index (κ1) is 12.8. The quantitative estimate of drug-likeness (QED) is 0.842. The van der Waals surface area contributed by atoms with E-state index in [1.165, 1.54) is 11.3 Å². The average Bonchev–Trinajstić information content (AvgIpc) is 2.78. The van der Waals surface area contributed by atoms with Crippen LogP contribution in [0.5, 0.6) is 0 Å². The van der Waals surface area contributed by atoms with E-state index in [1.807, 2.05) is 0 Å². The summed E-state index contributed by atoms with van der Waals surface area (Å²) >= 11 is 1.24. The molecule has 7 heteroatoms. The minimum absolute atomic E-state index is 0.150. The Labute approximate surface area is 105 Å². The Morgan fingerprint density at radius 1 is 1.22 bits per heavy atom. The summed E-state index contributed by atoms with van der Waals surface area (Å²) in [6.45, 7) is 0.461. The smallest absolute Gasteiger partial charge is 0.196 e. The van der Waals surface area contributed by atoms with Gasteiger partial charge < -0.3 is 11.1 Å². The number of nitrogens with one attached hydrogen (secondary N) is 1. The van der Waals surface area contributed by atoms with Gasteiger partial charge in [0.05, 0.1) is 11.4 Å². The molecule has 1 heterocycles. The molecule has 0 bridgehead atoms. The molecular weight excluding hydrogens is 263 g/mol. The van der Waals surface area contributed by atoms with Crippen LogP contribution in [0.4, 0.5) is 24.0 Å². The van der Waals surface area contributed by atoms with Gasteiger partial charge >= 0.3 is 0 Å². The summed E-state index contributed by atoms with van der Waals surface area (Å²) in [4.78, 5) is 4.13. The Morgan fingerprint density at radius 3 is 2.72 bits per heavy atom. The summed E-state index contributed by atoms with van der Waals surface area (Å²) in [5.41, 5.74) is 6.00. The molecule has 2 aromatic rings. The lowest BCUT2D eigenvalue weighted by Gasteiger charge is -2.05. The first-order chi connectivity index (χ1) is 8.61. The molecule has 3 nitrogen and oxygen atoms in total. The lowest BCUT2D eigenvalue weighted by molar-refractivity contribution is 0.449. The molecule has 3 N–H and O–H groups in total. The number of benzene rings is 1.